The number of H-pyrrole nitrogens is 1. The standard InChI is InChI=1S/C18H20N4/c1-12-6-4-7-13(2)17(12)22(18-14(3)20-11-21-18)16-9-5-8-15(19)10-16/h4-11H,19H2,1-3H3,(H,20,21). The number of aromatic amines is 1. The smallest absolute Gasteiger partial charge is 0.158 e. The predicted octanol–water partition coefficient (Wildman–Crippen LogP) is 4.39. The summed E-state index contributed by atoms with van der Waals surface area (Å²) in [6.45, 7) is 6.25. The highest BCUT2D eigenvalue weighted by Crippen LogP contribution is 2.38. The van der Waals surface area contributed by atoms with Gasteiger partial charge in [0, 0.05) is 11.4 Å². The van der Waals surface area contributed by atoms with Crippen LogP contribution in [0.5, 0.6) is 0 Å². The van der Waals surface area contributed by atoms with Gasteiger partial charge in [-0.1, -0.05) is 24.3 Å². The van der Waals surface area contributed by atoms with Gasteiger partial charge in [0.1, 0.15) is 0 Å². The van der Waals surface area contributed by atoms with Crippen molar-refractivity contribution < 1.29 is 0 Å². The van der Waals surface area contributed by atoms with Crippen LogP contribution in [0.3, 0.4) is 0 Å². The van der Waals surface area contributed by atoms with Crippen LogP contribution in [0, 0.1) is 20.8 Å². The minimum Gasteiger partial charge on any atom is -0.399 e. The van der Waals surface area contributed by atoms with Gasteiger partial charge in [-0.3, -0.25) is 4.90 Å². The van der Waals surface area contributed by atoms with E-state index in [0.29, 0.717) is 0 Å². The summed E-state index contributed by atoms with van der Waals surface area (Å²) in [6, 6.07) is 14.2. The molecule has 0 amide bonds. The third kappa shape index (κ3) is 2.44. The Morgan fingerprint density at radius 1 is 1.00 bits per heavy atom. The SMILES string of the molecule is Cc1cccc(C)c1N(c1cccc(N)c1)c1nc[nH]c1C. The van der Waals surface area contributed by atoms with Crippen LogP contribution in [0.15, 0.2) is 48.8 Å². The number of anilines is 4. The zero-order valence-corrected chi connectivity index (χ0v) is 13.1. The molecule has 22 heavy (non-hydrogen) atoms. The molecule has 0 spiro atoms. The number of benzene rings is 2. The van der Waals surface area contributed by atoms with Crippen LogP contribution in [-0.2, 0) is 0 Å². The van der Waals surface area contributed by atoms with Gasteiger partial charge in [0.25, 0.3) is 0 Å². The third-order valence-corrected chi connectivity index (χ3v) is 3.81. The molecular formula is C18H20N4. The minimum absolute atomic E-state index is 0.738. The quantitative estimate of drug-likeness (QED) is 0.704. The zero-order chi connectivity index (χ0) is 15.7. The van der Waals surface area contributed by atoms with E-state index in [1.165, 1.54) is 11.1 Å². The number of hydrogen-bond acceptors (Lipinski definition) is 3. The number of aryl methyl sites for hydroxylation is 3. The Bertz CT molecular complexity index is 784. The molecule has 0 aliphatic rings. The predicted molar refractivity (Wildman–Crippen MR) is 91.9 cm³/mol. The molecule has 3 N–H and O–H groups in total. The molecule has 3 rings (SSSR count). The van der Waals surface area contributed by atoms with Gasteiger partial charge < -0.3 is 10.7 Å². The van der Waals surface area contributed by atoms with Crippen molar-refractivity contribution in [2.24, 2.45) is 0 Å². The van der Waals surface area contributed by atoms with Crippen LogP contribution < -0.4 is 10.6 Å². The van der Waals surface area contributed by atoms with Crippen molar-refractivity contribution in [3.05, 3.63) is 65.6 Å². The van der Waals surface area contributed by atoms with Crippen LogP contribution in [0.4, 0.5) is 22.9 Å². The Labute approximate surface area is 130 Å². The minimum atomic E-state index is 0.738. The number of aromatic nitrogens is 2. The fourth-order valence-corrected chi connectivity index (χ4v) is 2.76. The molecule has 0 saturated heterocycles. The monoisotopic (exact) mass is 292 g/mol. The molecule has 4 heteroatoms. The zero-order valence-electron chi connectivity index (χ0n) is 13.1. The van der Waals surface area contributed by atoms with E-state index in [2.05, 4.69) is 53.0 Å². The van der Waals surface area contributed by atoms with E-state index < -0.39 is 0 Å². The number of nitrogens with zero attached hydrogens (tertiary/aromatic N) is 2. The maximum atomic E-state index is 5.99. The first-order valence-electron chi connectivity index (χ1n) is 7.30. The Morgan fingerprint density at radius 2 is 1.68 bits per heavy atom. The van der Waals surface area contributed by atoms with Crippen LogP contribution in [0.25, 0.3) is 0 Å². The van der Waals surface area contributed by atoms with Crippen molar-refractivity contribution in [1.82, 2.24) is 9.97 Å². The Balaban J connectivity index is 2.27. The van der Waals surface area contributed by atoms with E-state index in [-0.39, 0.29) is 0 Å². The van der Waals surface area contributed by atoms with Gasteiger partial charge in [0.05, 0.1) is 17.7 Å². The largest absolute Gasteiger partial charge is 0.399 e. The van der Waals surface area contributed by atoms with E-state index in [1.54, 1.807) is 6.33 Å². The Kier molecular flexibility index (Phi) is 3.59. The highest BCUT2D eigenvalue weighted by molar-refractivity contribution is 5.80. The summed E-state index contributed by atoms with van der Waals surface area (Å²) >= 11 is 0. The number of hydrogen-bond donors (Lipinski definition) is 2. The normalized spacial score (nSPS) is 10.7. The number of imidazole rings is 1. The molecule has 2 aromatic carbocycles. The molecule has 0 bridgehead atoms. The fourth-order valence-electron chi connectivity index (χ4n) is 2.76. The summed E-state index contributed by atoms with van der Waals surface area (Å²) in [5, 5.41) is 0. The van der Waals surface area contributed by atoms with Gasteiger partial charge >= 0.3 is 0 Å². The Morgan fingerprint density at radius 3 is 2.27 bits per heavy atom. The van der Waals surface area contributed by atoms with Gasteiger partial charge in [-0.15, -0.1) is 0 Å². The van der Waals surface area contributed by atoms with Crippen molar-refractivity contribution >= 4 is 22.9 Å². The van der Waals surface area contributed by atoms with E-state index in [4.69, 9.17) is 5.73 Å². The van der Waals surface area contributed by atoms with E-state index in [0.717, 1.165) is 28.6 Å². The maximum Gasteiger partial charge on any atom is 0.158 e. The molecule has 0 unspecified atom stereocenters. The summed E-state index contributed by atoms with van der Waals surface area (Å²) in [7, 11) is 0. The first kappa shape index (κ1) is 14.2. The molecule has 0 atom stereocenters. The number of para-hydroxylation sites is 1. The second kappa shape index (κ2) is 5.56. The third-order valence-electron chi connectivity index (χ3n) is 3.81. The second-order valence-corrected chi connectivity index (χ2v) is 5.52. The molecule has 0 aliphatic heterocycles. The summed E-state index contributed by atoms with van der Waals surface area (Å²) in [5.41, 5.74) is 12.3. The van der Waals surface area contributed by atoms with E-state index in [9.17, 15) is 0 Å². The maximum absolute atomic E-state index is 5.99. The lowest BCUT2D eigenvalue weighted by Gasteiger charge is -2.27. The van der Waals surface area contributed by atoms with Crippen molar-refractivity contribution in [1.29, 1.82) is 0 Å². The molecule has 1 aromatic heterocycles. The lowest BCUT2D eigenvalue weighted by molar-refractivity contribution is 1.16. The average molecular weight is 292 g/mol. The molecule has 0 radical (unpaired) electrons. The van der Waals surface area contributed by atoms with Crippen LogP contribution in [0.2, 0.25) is 0 Å². The Hall–Kier alpha value is -2.75. The topological polar surface area (TPSA) is 57.9 Å². The average Bonchev–Trinajstić information content (AvgIpc) is 2.89. The number of rotatable bonds is 3. The van der Waals surface area contributed by atoms with Crippen molar-refractivity contribution in [3.8, 4) is 0 Å². The number of nitrogens with two attached hydrogens (primary N) is 1. The first-order valence-corrected chi connectivity index (χ1v) is 7.30. The highest BCUT2D eigenvalue weighted by Gasteiger charge is 2.20. The van der Waals surface area contributed by atoms with E-state index >= 15 is 0 Å². The molecule has 0 saturated carbocycles. The number of nitrogen functional groups attached to an aromatic ring is 1. The van der Waals surface area contributed by atoms with Gasteiger partial charge in [0.15, 0.2) is 5.82 Å². The van der Waals surface area contributed by atoms with Crippen LogP contribution in [0.1, 0.15) is 16.8 Å². The summed E-state index contributed by atoms with van der Waals surface area (Å²) < 4.78 is 0. The summed E-state index contributed by atoms with van der Waals surface area (Å²) in [5.74, 6) is 0.892. The van der Waals surface area contributed by atoms with E-state index in [1.807, 2.05) is 25.1 Å². The molecule has 1 heterocycles. The van der Waals surface area contributed by atoms with Gasteiger partial charge in [-0.25, -0.2) is 4.98 Å². The van der Waals surface area contributed by atoms with Crippen LogP contribution in [-0.4, -0.2) is 9.97 Å². The first-order chi connectivity index (χ1) is 10.6. The van der Waals surface area contributed by atoms with Gasteiger partial charge in [0.2, 0.25) is 0 Å². The van der Waals surface area contributed by atoms with Crippen LogP contribution >= 0.6 is 0 Å². The molecule has 4 nitrogen and oxygen atoms in total. The molecule has 0 fully saturated rings. The molecule has 3 aromatic rings. The lowest BCUT2D eigenvalue weighted by Crippen LogP contribution is -2.14. The van der Waals surface area contributed by atoms with Gasteiger partial charge in [-0.05, 0) is 50.1 Å². The van der Waals surface area contributed by atoms with Gasteiger partial charge in [-0.2, -0.15) is 0 Å². The van der Waals surface area contributed by atoms with Crippen molar-refractivity contribution in [2.75, 3.05) is 10.6 Å². The molecule has 0 aliphatic carbocycles. The molecule has 112 valence electrons. The summed E-state index contributed by atoms with van der Waals surface area (Å²) in [4.78, 5) is 9.83. The highest BCUT2D eigenvalue weighted by atomic mass is 15.2. The van der Waals surface area contributed by atoms with Crippen molar-refractivity contribution in [3.63, 3.8) is 0 Å². The lowest BCUT2D eigenvalue weighted by atomic mass is 10.1. The number of nitrogens with one attached hydrogen (secondary N) is 1. The summed E-state index contributed by atoms with van der Waals surface area (Å²) in [6.07, 6.45) is 1.72. The second-order valence-electron chi connectivity index (χ2n) is 5.52. The fraction of sp³-hybridized carbons (Fsp3) is 0.167. The van der Waals surface area contributed by atoms with Crippen molar-refractivity contribution in [2.45, 2.75) is 20.8 Å². The molecular weight excluding hydrogens is 272 g/mol.